The van der Waals surface area contributed by atoms with Crippen LogP contribution < -0.4 is 5.32 Å². The SMILES string of the molecule is CC1CC(C(=O)O)CN(C(=O)NC2CC(c3ccc(Br)cc3)C2)C1. The van der Waals surface area contributed by atoms with E-state index in [-0.39, 0.29) is 18.0 Å². The van der Waals surface area contributed by atoms with Gasteiger partial charge in [0.15, 0.2) is 0 Å². The minimum Gasteiger partial charge on any atom is -0.481 e. The Hall–Kier alpha value is -1.56. The molecule has 1 heterocycles. The molecule has 24 heavy (non-hydrogen) atoms. The molecule has 2 N–H and O–H groups in total. The van der Waals surface area contributed by atoms with Crippen molar-refractivity contribution < 1.29 is 14.7 Å². The van der Waals surface area contributed by atoms with Crippen LogP contribution in [0.4, 0.5) is 4.79 Å². The van der Waals surface area contributed by atoms with E-state index in [1.807, 2.05) is 19.1 Å². The number of halogens is 1. The Morgan fingerprint density at radius 3 is 2.46 bits per heavy atom. The highest BCUT2D eigenvalue weighted by Crippen LogP contribution is 2.37. The van der Waals surface area contributed by atoms with E-state index >= 15 is 0 Å². The van der Waals surface area contributed by atoms with Gasteiger partial charge in [0, 0.05) is 23.6 Å². The molecule has 5 nitrogen and oxygen atoms in total. The first-order chi connectivity index (χ1) is 11.4. The number of carbonyl (C=O) groups is 2. The van der Waals surface area contributed by atoms with Crippen LogP contribution in [0.5, 0.6) is 0 Å². The van der Waals surface area contributed by atoms with Gasteiger partial charge in [-0.3, -0.25) is 4.79 Å². The molecule has 3 rings (SSSR count). The number of likely N-dealkylation sites (tertiary alicyclic amines) is 1. The van der Waals surface area contributed by atoms with Crippen molar-refractivity contribution in [2.24, 2.45) is 11.8 Å². The monoisotopic (exact) mass is 394 g/mol. The van der Waals surface area contributed by atoms with Crippen molar-refractivity contribution in [3.05, 3.63) is 34.3 Å². The fraction of sp³-hybridized carbons (Fsp3) is 0.556. The maximum atomic E-state index is 12.4. The van der Waals surface area contributed by atoms with E-state index < -0.39 is 11.9 Å². The Morgan fingerprint density at radius 2 is 1.83 bits per heavy atom. The smallest absolute Gasteiger partial charge is 0.317 e. The molecule has 1 saturated carbocycles. The predicted molar refractivity (Wildman–Crippen MR) is 94.9 cm³/mol. The summed E-state index contributed by atoms with van der Waals surface area (Å²) in [6, 6.07) is 8.40. The zero-order valence-electron chi connectivity index (χ0n) is 13.7. The molecule has 0 radical (unpaired) electrons. The zero-order chi connectivity index (χ0) is 17.3. The van der Waals surface area contributed by atoms with Crippen molar-refractivity contribution >= 4 is 27.9 Å². The van der Waals surface area contributed by atoms with Gasteiger partial charge in [0.25, 0.3) is 0 Å². The van der Waals surface area contributed by atoms with Crippen LogP contribution in [0, 0.1) is 11.8 Å². The topological polar surface area (TPSA) is 69.6 Å². The van der Waals surface area contributed by atoms with Gasteiger partial charge >= 0.3 is 12.0 Å². The molecule has 0 spiro atoms. The number of hydrogen-bond acceptors (Lipinski definition) is 2. The number of piperidine rings is 1. The van der Waals surface area contributed by atoms with Gasteiger partial charge in [-0.1, -0.05) is 35.0 Å². The molecule has 130 valence electrons. The molecule has 1 aliphatic carbocycles. The molecule has 6 heteroatoms. The summed E-state index contributed by atoms with van der Waals surface area (Å²) in [6.07, 6.45) is 2.53. The van der Waals surface area contributed by atoms with Gasteiger partial charge in [-0.25, -0.2) is 4.79 Å². The van der Waals surface area contributed by atoms with Crippen molar-refractivity contribution in [1.29, 1.82) is 0 Å². The maximum Gasteiger partial charge on any atom is 0.317 e. The fourth-order valence-corrected chi connectivity index (χ4v) is 3.97. The second-order valence-corrected chi connectivity index (χ2v) is 8.06. The van der Waals surface area contributed by atoms with Crippen molar-refractivity contribution in [3.8, 4) is 0 Å². The van der Waals surface area contributed by atoms with Crippen LogP contribution in [-0.2, 0) is 4.79 Å². The van der Waals surface area contributed by atoms with Crippen molar-refractivity contribution in [3.63, 3.8) is 0 Å². The summed E-state index contributed by atoms with van der Waals surface area (Å²) in [6.45, 7) is 2.95. The summed E-state index contributed by atoms with van der Waals surface area (Å²) in [7, 11) is 0. The molecule has 1 aliphatic heterocycles. The molecule has 2 unspecified atom stereocenters. The first-order valence-corrected chi connectivity index (χ1v) is 9.25. The highest BCUT2D eigenvalue weighted by atomic mass is 79.9. The summed E-state index contributed by atoms with van der Waals surface area (Å²) in [5, 5.41) is 12.3. The van der Waals surface area contributed by atoms with Crippen LogP contribution in [0.25, 0.3) is 0 Å². The van der Waals surface area contributed by atoms with Crippen LogP contribution in [0.3, 0.4) is 0 Å². The highest BCUT2D eigenvalue weighted by molar-refractivity contribution is 9.10. The Labute approximate surface area is 150 Å². The molecule has 2 amide bonds. The van der Waals surface area contributed by atoms with Crippen molar-refractivity contribution in [2.75, 3.05) is 13.1 Å². The Bertz CT molecular complexity index is 613. The molecule has 1 aromatic carbocycles. The van der Waals surface area contributed by atoms with Gasteiger partial charge < -0.3 is 15.3 Å². The Balaban J connectivity index is 1.49. The number of amides is 2. The minimum absolute atomic E-state index is 0.118. The lowest BCUT2D eigenvalue weighted by atomic mass is 9.76. The van der Waals surface area contributed by atoms with Crippen LogP contribution in [0.1, 0.15) is 37.7 Å². The van der Waals surface area contributed by atoms with E-state index in [2.05, 4.69) is 33.4 Å². The second kappa shape index (κ2) is 7.13. The summed E-state index contributed by atoms with van der Waals surface area (Å²) in [5.74, 6) is -0.535. The van der Waals surface area contributed by atoms with E-state index in [1.54, 1.807) is 4.90 Å². The lowest BCUT2D eigenvalue weighted by Crippen LogP contribution is -2.53. The van der Waals surface area contributed by atoms with E-state index in [9.17, 15) is 14.7 Å². The second-order valence-electron chi connectivity index (χ2n) is 7.15. The number of benzene rings is 1. The van der Waals surface area contributed by atoms with Crippen molar-refractivity contribution in [2.45, 2.75) is 38.1 Å². The predicted octanol–water partition coefficient (Wildman–Crippen LogP) is 3.45. The average molecular weight is 395 g/mol. The third kappa shape index (κ3) is 3.91. The standard InChI is InChI=1S/C18H23BrN2O3/c1-11-6-14(17(22)23)10-21(9-11)18(24)20-16-7-13(8-16)12-2-4-15(19)5-3-12/h2-5,11,13-14,16H,6-10H2,1H3,(H,20,24)(H,22,23). The van der Waals surface area contributed by atoms with Crippen LogP contribution in [0.15, 0.2) is 28.7 Å². The minimum atomic E-state index is -0.807. The van der Waals surface area contributed by atoms with Gasteiger partial charge in [0.05, 0.1) is 5.92 Å². The molecule has 2 fully saturated rings. The summed E-state index contributed by atoms with van der Waals surface area (Å²) < 4.78 is 1.07. The fourth-order valence-electron chi connectivity index (χ4n) is 3.71. The number of carboxylic acids is 1. The summed E-state index contributed by atoms with van der Waals surface area (Å²) >= 11 is 3.44. The zero-order valence-corrected chi connectivity index (χ0v) is 15.3. The van der Waals surface area contributed by atoms with E-state index in [1.165, 1.54) is 5.56 Å². The Kier molecular flexibility index (Phi) is 5.13. The number of carboxylic acid groups (broad SMARTS) is 1. The number of rotatable bonds is 3. The van der Waals surface area contributed by atoms with Gasteiger partial charge in [0.1, 0.15) is 0 Å². The number of urea groups is 1. The van der Waals surface area contributed by atoms with Crippen LogP contribution in [0.2, 0.25) is 0 Å². The molecule has 0 aromatic heterocycles. The average Bonchev–Trinajstić information content (AvgIpc) is 2.50. The first-order valence-electron chi connectivity index (χ1n) is 8.46. The highest BCUT2D eigenvalue weighted by Gasteiger charge is 2.35. The third-order valence-electron chi connectivity index (χ3n) is 5.10. The van der Waals surface area contributed by atoms with Gasteiger partial charge in [-0.05, 0) is 48.8 Å². The quantitative estimate of drug-likeness (QED) is 0.824. The number of aliphatic carboxylic acids is 1. The molecule has 2 aliphatic rings. The van der Waals surface area contributed by atoms with E-state index in [4.69, 9.17) is 0 Å². The number of nitrogens with zero attached hydrogens (tertiary/aromatic N) is 1. The van der Waals surface area contributed by atoms with Gasteiger partial charge in [0.2, 0.25) is 0 Å². The van der Waals surface area contributed by atoms with Crippen LogP contribution in [-0.4, -0.2) is 41.1 Å². The normalized spacial score (nSPS) is 29.7. The van der Waals surface area contributed by atoms with E-state index in [0.29, 0.717) is 25.4 Å². The molecule has 1 saturated heterocycles. The molecule has 0 bridgehead atoms. The largest absolute Gasteiger partial charge is 0.481 e. The molecular formula is C18H23BrN2O3. The third-order valence-corrected chi connectivity index (χ3v) is 5.63. The molecular weight excluding hydrogens is 372 g/mol. The first kappa shape index (κ1) is 17.3. The van der Waals surface area contributed by atoms with E-state index in [0.717, 1.165) is 17.3 Å². The van der Waals surface area contributed by atoms with Crippen LogP contribution >= 0.6 is 15.9 Å². The number of hydrogen-bond donors (Lipinski definition) is 2. The Morgan fingerprint density at radius 1 is 1.17 bits per heavy atom. The number of nitrogens with one attached hydrogen (secondary N) is 1. The summed E-state index contributed by atoms with van der Waals surface area (Å²) in [4.78, 5) is 25.3. The van der Waals surface area contributed by atoms with Crippen molar-refractivity contribution in [1.82, 2.24) is 10.2 Å². The lowest BCUT2D eigenvalue weighted by Gasteiger charge is -2.40. The number of carbonyl (C=O) groups excluding carboxylic acids is 1. The lowest BCUT2D eigenvalue weighted by molar-refractivity contribution is -0.143. The van der Waals surface area contributed by atoms with Gasteiger partial charge in [-0.15, -0.1) is 0 Å². The van der Waals surface area contributed by atoms with Gasteiger partial charge in [-0.2, -0.15) is 0 Å². The maximum absolute atomic E-state index is 12.4. The summed E-state index contributed by atoms with van der Waals surface area (Å²) in [5.41, 5.74) is 1.31. The molecule has 2 atom stereocenters. The molecule has 1 aromatic rings.